The molecule has 0 spiro atoms. The molecule has 21 heavy (non-hydrogen) atoms. The van der Waals surface area contributed by atoms with Crippen LogP contribution < -0.4 is 10.2 Å². The number of nitrogens with one attached hydrogen (secondary N) is 1. The molecule has 0 unspecified atom stereocenters. The van der Waals surface area contributed by atoms with Gasteiger partial charge in [0.25, 0.3) is 0 Å². The number of ether oxygens (including phenoxy) is 1. The molecule has 6 heteroatoms. The lowest BCUT2D eigenvalue weighted by molar-refractivity contribution is -0.119. The van der Waals surface area contributed by atoms with E-state index in [1.165, 1.54) is 4.90 Å². The van der Waals surface area contributed by atoms with Crippen LogP contribution in [0.1, 0.15) is 18.9 Å². The number of methoxy groups -OCH3 is 1. The second kappa shape index (κ2) is 8.89. The van der Waals surface area contributed by atoms with E-state index in [0.717, 1.165) is 5.56 Å². The lowest BCUT2D eigenvalue weighted by Gasteiger charge is -2.27. The van der Waals surface area contributed by atoms with Gasteiger partial charge in [-0.15, -0.1) is 0 Å². The van der Waals surface area contributed by atoms with E-state index in [1.807, 2.05) is 19.1 Å². The zero-order chi connectivity index (χ0) is 15.7. The Hall–Kier alpha value is -1.27. The summed E-state index contributed by atoms with van der Waals surface area (Å²) >= 11 is 0. The number of halogens is 3. The predicted octanol–water partition coefficient (Wildman–Crippen LogP) is 3.20. The van der Waals surface area contributed by atoms with Crippen molar-refractivity contribution in [3.63, 3.8) is 0 Å². The van der Waals surface area contributed by atoms with Crippen LogP contribution in [0.2, 0.25) is 0 Å². The SMILES string of the molecule is CCCN(CC(F)(F)F)c1ccccc1CNCCOC. The fourth-order valence-electron chi connectivity index (χ4n) is 2.14. The van der Waals surface area contributed by atoms with Gasteiger partial charge in [0, 0.05) is 32.4 Å². The van der Waals surface area contributed by atoms with Crippen molar-refractivity contribution < 1.29 is 17.9 Å². The number of hydrogen-bond acceptors (Lipinski definition) is 3. The number of hydrogen-bond donors (Lipinski definition) is 1. The standard InChI is InChI=1S/C15H23F3N2O/c1-3-9-20(12-15(16,17)18)14-7-5-4-6-13(14)11-19-8-10-21-2/h4-7,19H,3,8-12H2,1-2H3. The first kappa shape index (κ1) is 17.8. The molecule has 1 rings (SSSR count). The third-order valence-corrected chi connectivity index (χ3v) is 2.99. The zero-order valence-electron chi connectivity index (χ0n) is 12.5. The summed E-state index contributed by atoms with van der Waals surface area (Å²) in [5, 5.41) is 3.17. The summed E-state index contributed by atoms with van der Waals surface area (Å²) < 4.78 is 43.1. The fourth-order valence-corrected chi connectivity index (χ4v) is 2.14. The first-order valence-electron chi connectivity index (χ1n) is 7.07. The van der Waals surface area contributed by atoms with Crippen LogP contribution >= 0.6 is 0 Å². The van der Waals surface area contributed by atoms with Gasteiger partial charge in [0.15, 0.2) is 0 Å². The van der Waals surface area contributed by atoms with Gasteiger partial charge in [-0.2, -0.15) is 13.2 Å². The molecule has 1 aromatic carbocycles. The topological polar surface area (TPSA) is 24.5 Å². The molecule has 0 atom stereocenters. The van der Waals surface area contributed by atoms with Gasteiger partial charge >= 0.3 is 6.18 Å². The predicted molar refractivity (Wildman–Crippen MR) is 78.6 cm³/mol. The third-order valence-electron chi connectivity index (χ3n) is 2.99. The van der Waals surface area contributed by atoms with E-state index >= 15 is 0 Å². The van der Waals surface area contributed by atoms with Crippen LogP contribution in [0.25, 0.3) is 0 Å². The Bertz CT molecular complexity index is 410. The fraction of sp³-hybridized carbons (Fsp3) is 0.600. The highest BCUT2D eigenvalue weighted by atomic mass is 19.4. The summed E-state index contributed by atoms with van der Waals surface area (Å²) in [5.74, 6) is 0. The minimum Gasteiger partial charge on any atom is -0.383 e. The zero-order valence-corrected chi connectivity index (χ0v) is 12.5. The number of rotatable bonds is 9. The Labute approximate surface area is 124 Å². The average Bonchev–Trinajstić information content (AvgIpc) is 2.42. The molecule has 0 amide bonds. The summed E-state index contributed by atoms with van der Waals surface area (Å²) in [4.78, 5) is 1.40. The van der Waals surface area contributed by atoms with Crippen molar-refractivity contribution >= 4 is 5.69 Å². The molecular weight excluding hydrogens is 281 g/mol. The molecule has 1 N–H and O–H groups in total. The summed E-state index contributed by atoms with van der Waals surface area (Å²) in [6, 6.07) is 7.21. The Morgan fingerprint density at radius 2 is 1.95 bits per heavy atom. The molecule has 0 bridgehead atoms. The Kier molecular flexibility index (Phi) is 7.53. The first-order valence-corrected chi connectivity index (χ1v) is 7.07. The maximum atomic E-state index is 12.7. The molecule has 0 aliphatic rings. The van der Waals surface area contributed by atoms with Crippen molar-refractivity contribution in [2.45, 2.75) is 26.1 Å². The van der Waals surface area contributed by atoms with Crippen LogP contribution in [0.5, 0.6) is 0 Å². The van der Waals surface area contributed by atoms with Gasteiger partial charge in [-0.25, -0.2) is 0 Å². The number of alkyl halides is 3. The highest BCUT2D eigenvalue weighted by Crippen LogP contribution is 2.25. The largest absolute Gasteiger partial charge is 0.405 e. The highest BCUT2D eigenvalue weighted by Gasteiger charge is 2.31. The normalized spacial score (nSPS) is 11.7. The van der Waals surface area contributed by atoms with Crippen LogP contribution in [0, 0.1) is 0 Å². The van der Waals surface area contributed by atoms with E-state index in [9.17, 15) is 13.2 Å². The second-order valence-electron chi connectivity index (χ2n) is 4.84. The van der Waals surface area contributed by atoms with Crippen LogP contribution in [-0.2, 0) is 11.3 Å². The quantitative estimate of drug-likeness (QED) is 0.709. The first-order chi connectivity index (χ1) is 9.98. The van der Waals surface area contributed by atoms with Crippen molar-refractivity contribution in [1.82, 2.24) is 5.32 Å². The van der Waals surface area contributed by atoms with Gasteiger partial charge < -0.3 is 15.0 Å². The molecular formula is C15H23F3N2O. The lowest BCUT2D eigenvalue weighted by Crippen LogP contribution is -2.35. The Balaban J connectivity index is 2.81. The van der Waals surface area contributed by atoms with Crippen molar-refractivity contribution in [3.8, 4) is 0 Å². The molecule has 3 nitrogen and oxygen atoms in total. The van der Waals surface area contributed by atoms with Crippen LogP contribution in [-0.4, -0.2) is 39.5 Å². The van der Waals surface area contributed by atoms with Gasteiger partial charge in [-0.05, 0) is 18.1 Å². The second-order valence-corrected chi connectivity index (χ2v) is 4.84. The molecule has 0 aromatic heterocycles. The molecule has 0 heterocycles. The number of anilines is 1. The number of para-hydroxylation sites is 1. The average molecular weight is 304 g/mol. The maximum Gasteiger partial charge on any atom is 0.405 e. The number of nitrogens with zero attached hydrogens (tertiary/aromatic N) is 1. The van der Waals surface area contributed by atoms with Crippen LogP contribution in [0.3, 0.4) is 0 Å². The van der Waals surface area contributed by atoms with E-state index < -0.39 is 12.7 Å². The summed E-state index contributed by atoms with van der Waals surface area (Å²) in [6.45, 7) is 3.10. The minimum atomic E-state index is -4.20. The molecule has 1 aromatic rings. The lowest BCUT2D eigenvalue weighted by atomic mass is 10.1. The van der Waals surface area contributed by atoms with Crippen molar-refractivity contribution in [2.24, 2.45) is 0 Å². The molecule has 0 fully saturated rings. The van der Waals surface area contributed by atoms with Crippen molar-refractivity contribution in [3.05, 3.63) is 29.8 Å². The third kappa shape index (κ3) is 6.82. The van der Waals surface area contributed by atoms with E-state index in [2.05, 4.69) is 5.32 Å². The van der Waals surface area contributed by atoms with E-state index in [1.54, 1.807) is 19.2 Å². The molecule has 0 radical (unpaired) electrons. The summed E-state index contributed by atoms with van der Waals surface area (Å²) in [5.41, 5.74) is 1.51. The van der Waals surface area contributed by atoms with Gasteiger partial charge in [0.1, 0.15) is 6.54 Å². The Morgan fingerprint density at radius 3 is 2.57 bits per heavy atom. The minimum absolute atomic E-state index is 0.384. The van der Waals surface area contributed by atoms with E-state index in [0.29, 0.717) is 38.3 Å². The molecule has 0 aliphatic carbocycles. The molecule has 120 valence electrons. The molecule has 0 aliphatic heterocycles. The summed E-state index contributed by atoms with van der Waals surface area (Å²) in [6.07, 6.45) is -3.53. The monoisotopic (exact) mass is 304 g/mol. The van der Waals surface area contributed by atoms with Gasteiger partial charge in [0.05, 0.1) is 6.61 Å². The van der Waals surface area contributed by atoms with Crippen molar-refractivity contribution in [1.29, 1.82) is 0 Å². The van der Waals surface area contributed by atoms with E-state index in [-0.39, 0.29) is 0 Å². The Morgan fingerprint density at radius 1 is 1.24 bits per heavy atom. The van der Waals surface area contributed by atoms with Gasteiger partial charge in [-0.3, -0.25) is 0 Å². The van der Waals surface area contributed by atoms with E-state index in [4.69, 9.17) is 4.74 Å². The number of benzene rings is 1. The van der Waals surface area contributed by atoms with Crippen LogP contribution in [0.4, 0.5) is 18.9 Å². The molecule has 0 saturated carbocycles. The van der Waals surface area contributed by atoms with Crippen molar-refractivity contribution in [2.75, 3.05) is 38.3 Å². The summed E-state index contributed by atoms with van der Waals surface area (Å²) in [7, 11) is 1.61. The van der Waals surface area contributed by atoms with Crippen LogP contribution in [0.15, 0.2) is 24.3 Å². The smallest absolute Gasteiger partial charge is 0.383 e. The highest BCUT2D eigenvalue weighted by molar-refractivity contribution is 5.53. The molecule has 0 saturated heterocycles. The maximum absolute atomic E-state index is 12.7. The van der Waals surface area contributed by atoms with Gasteiger partial charge in [0.2, 0.25) is 0 Å². The van der Waals surface area contributed by atoms with Gasteiger partial charge in [-0.1, -0.05) is 25.1 Å².